The molecule has 0 aliphatic carbocycles. The number of ether oxygens (including phenoxy) is 2. The highest BCUT2D eigenvalue weighted by molar-refractivity contribution is 7.81. The SMILES string of the molecule is Cc1ncsc1-c1cnc([C@@H]2CCCN2C(=O)[C@@H](NC(=O)COCCCCOc2ccc(-c3ccc(N4C(=S)N(c5ccc(C#N)c(C(F)(F)F)c5F)C(=O)C4(C)C)cn3)cc2)C(C)(C)C)o1. The van der Waals surface area contributed by atoms with Gasteiger partial charge in [0.15, 0.2) is 16.7 Å². The number of halogens is 4. The van der Waals surface area contributed by atoms with Gasteiger partial charge in [0.05, 0.1) is 63.8 Å². The molecule has 1 N–H and O–H groups in total. The Morgan fingerprint density at radius 1 is 1.04 bits per heavy atom. The van der Waals surface area contributed by atoms with Crippen molar-refractivity contribution in [3.05, 3.63) is 95.0 Å². The summed E-state index contributed by atoms with van der Waals surface area (Å²) in [5.74, 6) is -1.44. The minimum atomic E-state index is -5.19. The van der Waals surface area contributed by atoms with E-state index in [-0.39, 0.29) is 23.7 Å². The van der Waals surface area contributed by atoms with E-state index < -0.39 is 57.6 Å². The largest absolute Gasteiger partial charge is 0.494 e. The molecular weight excluding hydrogens is 913 g/mol. The summed E-state index contributed by atoms with van der Waals surface area (Å²) in [4.78, 5) is 58.7. The van der Waals surface area contributed by atoms with E-state index in [1.807, 2.05) is 39.8 Å². The molecule has 0 radical (unpaired) electrons. The van der Waals surface area contributed by atoms with Gasteiger partial charge in [0.1, 0.15) is 35.5 Å². The molecule has 2 aliphatic rings. The molecular formula is C47H48F4N8O6S2. The second-order valence-electron chi connectivity index (χ2n) is 17.7. The highest BCUT2D eigenvalue weighted by Crippen LogP contribution is 2.42. The number of carbonyl (C=O) groups excluding carboxylic acids is 3. The zero-order chi connectivity index (χ0) is 48.4. The standard InChI is InChI=1S/C47H48F4N8O6S2/c1-27-39(67-26-55-27)35-24-54-41(65-35)34-10-9-19-57(34)42(61)40(45(2,3)4)56-36(60)25-63-20-7-8-21-64-31-15-11-28(12-16-31)32-17-14-30(23-53-32)59-44(66)58(43(62)46(59,5)6)33-18-13-29(22-52)37(38(33)48)47(49,50)51/h11-18,23-24,26,34,40H,7-10,19-21,25H2,1-6H3,(H,56,60)/t34-,40+/m0/s1. The van der Waals surface area contributed by atoms with Crippen LogP contribution in [0.5, 0.6) is 5.75 Å². The van der Waals surface area contributed by atoms with Crippen LogP contribution >= 0.6 is 23.6 Å². The van der Waals surface area contributed by atoms with Crippen molar-refractivity contribution >= 4 is 57.8 Å². The first-order valence-corrected chi connectivity index (χ1v) is 22.7. The van der Waals surface area contributed by atoms with Crippen molar-refractivity contribution in [2.45, 2.75) is 91.0 Å². The maximum absolute atomic E-state index is 15.4. The molecule has 3 aromatic heterocycles. The van der Waals surface area contributed by atoms with Crippen molar-refractivity contribution in [3.63, 3.8) is 0 Å². The van der Waals surface area contributed by atoms with Gasteiger partial charge < -0.3 is 29.0 Å². The molecule has 2 atom stereocenters. The van der Waals surface area contributed by atoms with E-state index in [0.717, 1.165) is 34.7 Å². The van der Waals surface area contributed by atoms with Crippen molar-refractivity contribution in [1.82, 2.24) is 25.2 Å². The Hall–Kier alpha value is -6.30. The van der Waals surface area contributed by atoms with Crippen LogP contribution in [-0.4, -0.2) is 80.6 Å². The first-order chi connectivity index (χ1) is 31.7. The molecule has 14 nitrogen and oxygen atoms in total. The van der Waals surface area contributed by atoms with Crippen molar-refractivity contribution in [2.75, 3.05) is 36.2 Å². The number of aromatic nitrogens is 3. The first-order valence-electron chi connectivity index (χ1n) is 21.4. The number of thiazole rings is 1. The fourth-order valence-electron chi connectivity index (χ4n) is 8.01. The number of nitrogens with one attached hydrogen (secondary N) is 1. The van der Waals surface area contributed by atoms with E-state index in [4.69, 9.17) is 26.1 Å². The van der Waals surface area contributed by atoms with Crippen molar-refractivity contribution in [3.8, 4) is 33.7 Å². The Morgan fingerprint density at radius 3 is 2.42 bits per heavy atom. The third-order valence-corrected chi connectivity index (χ3v) is 12.8. The Morgan fingerprint density at radius 2 is 1.78 bits per heavy atom. The van der Waals surface area contributed by atoms with Gasteiger partial charge in [0.25, 0.3) is 5.91 Å². The number of pyridine rings is 1. The smallest absolute Gasteiger partial charge is 0.420 e. The average molecular weight is 961 g/mol. The number of unbranched alkanes of at least 4 members (excludes halogenated alkanes) is 1. The van der Waals surface area contributed by atoms with Crippen LogP contribution in [0.15, 0.2) is 70.9 Å². The number of nitriles is 1. The molecule has 352 valence electrons. The highest BCUT2D eigenvalue weighted by Gasteiger charge is 2.52. The van der Waals surface area contributed by atoms with Crippen LogP contribution < -0.4 is 19.9 Å². The number of nitrogens with zero attached hydrogens (tertiary/aromatic N) is 7. The predicted molar refractivity (Wildman–Crippen MR) is 245 cm³/mol. The summed E-state index contributed by atoms with van der Waals surface area (Å²) in [6.07, 6.45) is 0.684. The number of anilines is 2. The molecule has 2 aliphatic heterocycles. The van der Waals surface area contributed by atoms with E-state index in [1.54, 1.807) is 40.9 Å². The lowest BCUT2D eigenvalue weighted by Gasteiger charge is -2.35. The molecule has 0 spiro atoms. The summed E-state index contributed by atoms with van der Waals surface area (Å²) in [6, 6.07) is 12.5. The van der Waals surface area contributed by atoms with E-state index in [9.17, 15) is 32.8 Å². The Balaban J connectivity index is 0.864. The van der Waals surface area contributed by atoms with Crippen molar-refractivity contribution in [1.29, 1.82) is 5.26 Å². The number of carbonyl (C=O) groups is 3. The van der Waals surface area contributed by atoms with Crippen molar-refractivity contribution in [2.24, 2.45) is 5.41 Å². The lowest BCUT2D eigenvalue weighted by molar-refractivity contribution is -0.141. The van der Waals surface area contributed by atoms with Gasteiger partial charge >= 0.3 is 6.18 Å². The second-order valence-corrected chi connectivity index (χ2v) is 18.9. The molecule has 2 saturated heterocycles. The monoisotopic (exact) mass is 960 g/mol. The van der Waals surface area contributed by atoms with Gasteiger partial charge in [0.2, 0.25) is 17.7 Å². The lowest BCUT2D eigenvalue weighted by atomic mass is 9.85. The van der Waals surface area contributed by atoms with Crippen LogP contribution in [0.4, 0.5) is 28.9 Å². The molecule has 5 heterocycles. The van der Waals surface area contributed by atoms with Gasteiger partial charge in [-0.25, -0.2) is 14.4 Å². The summed E-state index contributed by atoms with van der Waals surface area (Å²) < 4.78 is 74.4. The molecule has 0 unspecified atom stereocenters. The molecule has 20 heteroatoms. The number of likely N-dealkylation sites (tertiary alicyclic amines) is 1. The minimum Gasteiger partial charge on any atom is -0.494 e. The zero-order valence-corrected chi connectivity index (χ0v) is 39.2. The first kappa shape index (κ1) is 48.6. The normalized spacial score (nSPS) is 16.7. The number of alkyl halides is 3. The third-order valence-electron chi connectivity index (χ3n) is 11.5. The molecule has 0 bridgehead atoms. The van der Waals surface area contributed by atoms with Crippen LogP contribution in [0.2, 0.25) is 0 Å². The van der Waals surface area contributed by atoms with E-state index in [2.05, 4.69) is 20.3 Å². The fraction of sp³-hybridized carbons (Fsp3) is 0.404. The van der Waals surface area contributed by atoms with Crippen LogP contribution in [0.25, 0.3) is 21.9 Å². The second kappa shape index (κ2) is 19.5. The van der Waals surface area contributed by atoms with Crippen LogP contribution in [0.1, 0.15) is 89.1 Å². The predicted octanol–water partition coefficient (Wildman–Crippen LogP) is 9.19. The summed E-state index contributed by atoms with van der Waals surface area (Å²) in [5, 5.41) is 11.8. The molecule has 2 aromatic carbocycles. The number of hydrogen-bond donors (Lipinski definition) is 1. The quantitative estimate of drug-likeness (QED) is 0.0601. The fourth-order valence-corrected chi connectivity index (χ4v) is 9.28. The zero-order valence-electron chi connectivity index (χ0n) is 37.6. The van der Waals surface area contributed by atoms with Crippen molar-refractivity contribution < 1.29 is 45.8 Å². The van der Waals surface area contributed by atoms with Gasteiger partial charge in [-0.3, -0.25) is 24.3 Å². The number of thiocarbonyl (C=S) groups is 1. The number of benzene rings is 2. The van der Waals surface area contributed by atoms with Crippen LogP contribution in [0.3, 0.4) is 0 Å². The Labute approximate surface area is 393 Å². The van der Waals surface area contributed by atoms with Crippen LogP contribution in [0, 0.1) is 29.5 Å². The Bertz CT molecular complexity index is 2690. The maximum Gasteiger partial charge on any atom is 0.420 e. The number of aryl methyl sites for hydroxylation is 1. The third kappa shape index (κ3) is 10.2. The lowest BCUT2D eigenvalue weighted by Crippen LogP contribution is -2.55. The summed E-state index contributed by atoms with van der Waals surface area (Å²) in [5.41, 5.74) is -1.16. The minimum absolute atomic E-state index is 0.200. The molecule has 3 amide bonds. The van der Waals surface area contributed by atoms with E-state index >= 15 is 4.39 Å². The molecule has 7 rings (SSSR count). The van der Waals surface area contributed by atoms with Gasteiger partial charge in [-0.15, -0.1) is 11.3 Å². The van der Waals surface area contributed by atoms with Gasteiger partial charge in [-0.2, -0.15) is 18.4 Å². The number of hydrogen-bond acceptors (Lipinski definition) is 12. The number of amides is 3. The molecule has 5 aromatic rings. The molecule has 67 heavy (non-hydrogen) atoms. The van der Waals surface area contributed by atoms with Gasteiger partial charge in [-0.05, 0) is 113 Å². The Kier molecular flexibility index (Phi) is 14.2. The van der Waals surface area contributed by atoms with Gasteiger partial charge in [-0.1, -0.05) is 20.8 Å². The number of oxazole rings is 1. The maximum atomic E-state index is 15.4. The summed E-state index contributed by atoms with van der Waals surface area (Å²) in [6.45, 7) is 11.7. The van der Waals surface area contributed by atoms with E-state index in [1.165, 1.54) is 42.4 Å². The number of rotatable bonds is 15. The summed E-state index contributed by atoms with van der Waals surface area (Å²) >= 11 is 7.00. The van der Waals surface area contributed by atoms with Crippen LogP contribution in [-0.2, 0) is 25.3 Å². The average Bonchev–Trinajstić information content (AvgIpc) is 4.09. The summed E-state index contributed by atoms with van der Waals surface area (Å²) in [7, 11) is 0. The molecule has 2 fully saturated rings. The van der Waals surface area contributed by atoms with Gasteiger partial charge in [0, 0.05) is 18.7 Å². The molecule has 0 saturated carbocycles. The highest BCUT2D eigenvalue weighted by atomic mass is 32.1. The van der Waals surface area contributed by atoms with E-state index in [0.29, 0.717) is 72.7 Å². The topological polar surface area (TPSA) is 167 Å².